The quantitative estimate of drug-likeness (QED) is 0.108. The van der Waals surface area contributed by atoms with Crippen LogP contribution >= 0.6 is 23.1 Å². The minimum atomic E-state index is -0.970. The summed E-state index contributed by atoms with van der Waals surface area (Å²) in [5.41, 5.74) is 1.53. The molecule has 2 aromatic heterocycles. The molecule has 15 heteroatoms. The molecule has 0 unspecified atom stereocenters. The van der Waals surface area contributed by atoms with Gasteiger partial charge in [-0.1, -0.05) is 59.5 Å². The number of hydrogen-bond acceptors (Lipinski definition) is 12. The van der Waals surface area contributed by atoms with E-state index in [0.717, 1.165) is 23.1 Å². The van der Waals surface area contributed by atoms with Gasteiger partial charge in [-0.2, -0.15) is 0 Å². The number of thiazole rings is 1. The lowest BCUT2D eigenvalue weighted by Gasteiger charge is -2.26. The van der Waals surface area contributed by atoms with Crippen LogP contribution in [0.25, 0.3) is 11.8 Å². The predicted molar refractivity (Wildman–Crippen MR) is 180 cm³/mol. The van der Waals surface area contributed by atoms with Crippen molar-refractivity contribution in [3.8, 4) is 11.5 Å². The minimum Gasteiger partial charge on any atom is -0.463 e. The molecule has 4 heterocycles. The number of esters is 1. The number of aromatic nitrogens is 3. The standard InChI is InChI=1S/C34H25N5O8S2/c1-3-45-32(42)28-29(19-7-5-4-6-8-19)37-34-38(30(28)20-9-11-23-24(15-20)47-17-46-23)31(41)26(49-34)16-21-14-22(39(43)44)10-12-25(21)48-33-35-18(2)13-27(40)36-33/h4-16,30H,3,17H2,1-2H3,(H,35,36,40)/b26-16+/t30-/m1/s1. The molecule has 3 aromatic carbocycles. The van der Waals surface area contributed by atoms with Gasteiger partial charge in [0.05, 0.1) is 33.4 Å². The third kappa shape index (κ3) is 6.16. The summed E-state index contributed by atoms with van der Waals surface area (Å²) in [5.74, 6) is 0.350. The normalized spacial score (nSPS) is 15.1. The lowest BCUT2D eigenvalue weighted by molar-refractivity contribution is -0.384. The van der Waals surface area contributed by atoms with E-state index in [4.69, 9.17) is 19.2 Å². The van der Waals surface area contributed by atoms with E-state index in [9.17, 15) is 24.5 Å². The SMILES string of the molecule is CCOC(=O)C1=C(c2ccccc2)N=c2s/c(=C/c3cc([N+](=O)[O-])ccc3Sc3nc(C)cc(=O)[nH]3)c(=O)n2[C@@H]1c1ccc2c(c1)OCO2. The van der Waals surface area contributed by atoms with Gasteiger partial charge >= 0.3 is 5.97 Å². The van der Waals surface area contributed by atoms with Gasteiger partial charge in [0.15, 0.2) is 21.5 Å². The van der Waals surface area contributed by atoms with E-state index >= 15 is 0 Å². The number of aryl methyl sites for hydroxylation is 1. The summed E-state index contributed by atoms with van der Waals surface area (Å²) in [7, 11) is 0. The molecular weight excluding hydrogens is 671 g/mol. The van der Waals surface area contributed by atoms with Gasteiger partial charge in [0.25, 0.3) is 16.8 Å². The summed E-state index contributed by atoms with van der Waals surface area (Å²) >= 11 is 2.17. The van der Waals surface area contributed by atoms with Crippen molar-refractivity contribution in [2.75, 3.05) is 13.4 Å². The van der Waals surface area contributed by atoms with Crippen molar-refractivity contribution >= 4 is 46.5 Å². The maximum atomic E-state index is 14.4. The first kappa shape index (κ1) is 31.8. The van der Waals surface area contributed by atoms with Gasteiger partial charge in [-0.05, 0) is 49.2 Å². The number of hydrogen-bond donors (Lipinski definition) is 1. The Morgan fingerprint density at radius 3 is 2.67 bits per heavy atom. The summed E-state index contributed by atoms with van der Waals surface area (Å²) in [6.07, 6.45) is 1.54. The molecule has 49 heavy (non-hydrogen) atoms. The number of nitro groups is 1. The molecule has 0 saturated heterocycles. The Bertz CT molecular complexity index is 2440. The monoisotopic (exact) mass is 695 g/mol. The molecule has 1 atom stereocenters. The highest BCUT2D eigenvalue weighted by Gasteiger charge is 2.36. The molecular formula is C34H25N5O8S2. The number of nitro benzene ring substituents is 1. The summed E-state index contributed by atoms with van der Waals surface area (Å²) in [5, 5.41) is 12.1. The fraction of sp³-hybridized carbons (Fsp3) is 0.147. The zero-order chi connectivity index (χ0) is 34.2. The van der Waals surface area contributed by atoms with Gasteiger partial charge < -0.3 is 19.2 Å². The number of non-ortho nitro benzene ring substituents is 1. The molecule has 13 nitrogen and oxygen atoms in total. The summed E-state index contributed by atoms with van der Waals surface area (Å²) < 4.78 is 18.3. The number of carbonyl (C=O) groups is 1. The lowest BCUT2D eigenvalue weighted by atomic mass is 9.93. The maximum Gasteiger partial charge on any atom is 0.338 e. The van der Waals surface area contributed by atoms with Crippen molar-refractivity contribution < 1.29 is 23.9 Å². The van der Waals surface area contributed by atoms with Gasteiger partial charge in [-0.15, -0.1) is 0 Å². The third-order valence-corrected chi connectivity index (χ3v) is 9.59. The number of nitrogens with one attached hydrogen (secondary N) is 1. The molecule has 0 fully saturated rings. The number of benzene rings is 3. The van der Waals surface area contributed by atoms with Gasteiger partial charge in [-0.3, -0.25) is 24.3 Å². The van der Waals surface area contributed by atoms with Crippen molar-refractivity contribution in [2.24, 2.45) is 4.99 Å². The highest BCUT2D eigenvalue weighted by Crippen LogP contribution is 2.40. The highest BCUT2D eigenvalue weighted by atomic mass is 32.2. The van der Waals surface area contributed by atoms with Crippen LogP contribution in [0, 0.1) is 17.0 Å². The topological polar surface area (TPSA) is 168 Å². The second-order valence-electron chi connectivity index (χ2n) is 10.8. The van der Waals surface area contributed by atoms with Crippen LogP contribution in [-0.4, -0.2) is 38.8 Å². The largest absolute Gasteiger partial charge is 0.463 e. The molecule has 0 radical (unpaired) electrons. The highest BCUT2D eigenvalue weighted by molar-refractivity contribution is 7.99. The van der Waals surface area contributed by atoms with Crippen molar-refractivity contribution in [3.63, 3.8) is 0 Å². The molecule has 246 valence electrons. The third-order valence-electron chi connectivity index (χ3n) is 7.63. The Labute approximate surface area is 285 Å². The smallest absolute Gasteiger partial charge is 0.338 e. The van der Waals surface area contributed by atoms with Crippen LogP contribution in [0.15, 0.2) is 103 Å². The molecule has 5 aromatic rings. The van der Waals surface area contributed by atoms with Crippen LogP contribution in [0.1, 0.15) is 35.3 Å². The number of fused-ring (bicyclic) bond motifs is 2. The molecule has 1 N–H and O–H groups in total. The molecule has 0 bridgehead atoms. The zero-order valence-corrected chi connectivity index (χ0v) is 27.5. The van der Waals surface area contributed by atoms with Gasteiger partial charge in [0.1, 0.15) is 0 Å². The van der Waals surface area contributed by atoms with E-state index in [0.29, 0.717) is 49.3 Å². The average molecular weight is 696 g/mol. The lowest BCUT2D eigenvalue weighted by Crippen LogP contribution is -2.40. The van der Waals surface area contributed by atoms with E-state index in [1.165, 1.54) is 28.8 Å². The van der Waals surface area contributed by atoms with Crippen LogP contribution in [0.3, 0.4) is 0 Å². The van der Waals surface area contributed by atoms with Crippen LogP contribution < -0.4 is 29.9 Å². The predicted octanol–water partition coefficient (Wildman–Crippen LogP) is 4.12. The fourth-order valence-corrected chi connectivity index (χ4v) is 7.45. The van der Waals surface area contributed by atoms with Crippen LogP contribution in [0.2, 0.25) is 0 Å². The van der Waals surface area contributed by atoms with Gasteiger partial charge in [0.2, 0.25) is 6.79 Å². The zero-order valence-electron chi connectivity index (χ0n) is 25.9. The van der Waals surface area contributed by atoms with Crippen LogP contribution in [0.5, 0.6) is 11.5 Å². The van der Waals surface area contributed by atoms with E-state index in [1.807, 2.05) is 30.3 Å². The summed E-state index contributed by atoms with van der Waals surface area (Å²) in [4.78, 5) is 64.3. The van der Waals surface area contributed by atoms with E-state index in [2.05, 4.69) is 9.97 Å². The molecule has 7 rings (SSSR count). The van der Waals surface area contributed by atoms with Crippen molar-refractivity contribution in [1.29, 1.82) is 0 Å². The Balaban J connectivity index is 1.47. The minimum absolute atomic E-state index is 0.0346. The molecule has 0 spiro atoms. The Kier molecular flexibility index (Phi) is 8.44. The van der Waals surface area contributed by atoms with E-state index in [-0.39, 0.29) is 39.9 Å². The molecule has 2 aliphatic rings. The first-order valence-corrected chi connectivity index (χ1v) is 16.6. The molecule has 0 amide bonds. The Hall–Kier alpha value is -5.80. The number of carbonyl (C=O) groups excluding carboxylic acids is 1. The van der Waals surface area contributed by atoms with Crippen molar-refractivity contribution in [1.82, 2.24) is 14.5 Å². The number of ether oxygens (including phenoxy) is 3. The second kappa shape index (κ2) is 13.0. The number of nitrogens with zero attached hydrogens (tertiary/aromatic N) is 4. The van der Waals surface area contributed by atoms with Crippen molar-refractivity contribution in [3.05, 3.63) is 141 Å². The number of H-pyrrole nitrogens is 1. The molecule has 2 aliphatic heterocycles. The van der Waals surface area contributed by atoms with Crippen LogP contribution in [-0.2, 0) is 9.53 Å². The first-order valence-electron chi connectivity index (χ1n) is 14.9. The number of aromatic amines is 1. The van der Waals surface area contributed by atoms with Crippen molar-refractivity contribution in [2.45, 2.75) is 29.9 Å². The van der Waals surface area contributed by atoms with E-state index in [1.54, 1.807) is 38.1 Å². The van der Waals surface area contributed by atoms with E-state index < -0.39 is 22.5 Å². The first-order chi connectivity index (χ1) is 23.7. The number of rotatable bonds is 8. The summed E-state index contributed by atoms with van der Waals surface area (Å²) in [6.45, 7) is 3.51. The average Bonchev–Trinajstić information content (AvgIpc) is 3.68. The Morgan fingerprint density at radius 2 is 1.92 bits per heavy atom. The summed E-state index contributed by atoms with van der Waals surface area (Å²) in [6, 6.07) is 18.9. The Morgan fingerprint density at radius 1 is 1.12 bits per heavy atom. The van der Waals surface area contributed by atoms with Gasteiger partial charge in [-0.25, -0.2) is 14.8 Å². The maximum absolute atomic E-state index is 14.4. The van der Waals surface area contributed by atoms with Gasteiger partial charge in [0, 0.05) is 34.4 Å². The van der Waals surface area contributed by atoms with Crippen LogP contribution in [0.4, 0.5) is 5.69 Å². The molecule has 0 saturated carbocycles. The second-order valence-corrected chi connectivity index (χ2v) is 12.9. The molecule has 0 aliphatic carbocycles. The fourth-order valence-electron chi connectivity index (χ4n) is 5.54.